The van der Waals surface area contributed by atoms with Gasteiger partial charge in [0.2, 0.25) is 0 Å². The van der Waals surface area contributed by atoms with Crippen LogP contribution < -0.4 is 4.90 Å². The highest BCUT2D eigenvalue weighted by molar-refractivity contribution is 5.86. The maximum atomic E-state index is 10.5. The predicted octanol–water partition coefficient (Wildman–Crippen LogP) is 7.75. The number of anilines is 3. The van der Waals surface area contributed by atoms with Crippen LogP contribution in [0.4, 0.5) is 17.1 Å². The molecule has 0 bridgehead atoms. The Labute approximate surface area is 180 Å². The lowest BCUT2D eigenvalue weighted by Crippen LogP contribution is -2.09. The first-order chi connectivity index (χ1) is 14.7. The van der Waals surface area contributed by atoms with E-state index in [-0.39, 0.29) is 0 Å². The molecule has 1 N–H and O–H groups in total. The molecule has 0 saturated heterocycles. The molecule has 0 aliphatic rings. The highest BCUT2D eigenvalue weighted by atomic mass is 16.4. The molecule has 3 rings (SSSR count). The van der Waals surface area contributed by atoms with Crippen LogP contribution in [0.2, 0.25) is 0 Å². The fourth-order valence-corrected chi connectivity index (χ4v) is 3.06. The van der Waals surface area contributed by atoms with Gasteiger partial charge in [-0.05, 0) is 49.2 Å². The number of hydrogen-bond donors (Lipinski definition) is 1. The van der Waals surface area contributed by atoms with Crippen LogP contribution in [0.5, 0.6) is 0 Å². The summed E-state index contributed by atoms with van der Waals surface area (Å²) in [7, 11) is 0. The van der Waals surface area contributed by atoms with Crippen molar-refractivity contribution >= 4 is 23.0 Å². The van der Waals surface area contributed by atoms with Gasteiger partial charge in [-0.3, -0.25) is 0 Å². The zero-order valence-electron chi connectivity index (χ0n) is 17.9. The first-order valence-electron chi connectivity index (χ1n) is 10.5. The molecule has 3 aromatic carbocycles. The fourth-order valence-electron chi connectivity index (χ4n) is 3.06. The van der Waals surface area contributed by atoms with E-state index in [9.17, 15) is 4.79 Å². The minimum absolute atomic E-state index is 0.564. The van der Waals surface area contributed by atoms with Crippen molar-refractivity contribution in [2.45, 2.75) is 39.5 Å². The van der Waals surface area contributed by atoms with Crippen LogP contribution in [-0.4, -0.2) is 11.1 Å². The normalized spacial score (nSPS) is 10.7. The highest BCUT2D eigenvalue weighted by Gasteiger charge is 2.10. The Morgan fingerprint density at radius 3 is 1.43 bits per heavy atom. The van der Waals surface area contributed by atoms with Gasteiger partial charge in [-0.2, -0.15) is 0 Å². The lowest BCUT2D eigenvalue weighted by Gasteiger charge is -2.25. The largest absolute Gasteiger partial charge is 0.478 e. The molecule has 0 unspecified atom stereocenters. The van der Waals surface area contributed by atoms with Gasteiger partial charge in [0.25, 0.3) is 0 Å². The number of hydrogen-bond acceptors (Lipinski definition) is 2. The molecule has 0 spiro atoms. The lowest BCUT2D eigenvalue weighted by molar-refractivity contribution is -0.132. The molecule has 3 aromatic rings. The smallest absolute Gasteiger partial charge is 0.331 e. The first kappa shape index (κ1) is 23.0. The van der Waals surface area contributed by atoms with E-state index in [1.165, 1.54) is 17.1 Å². The van der Waals surface area contributed by atoms with E-state index in [1.54, 1.807) is 0 Å². The van der Waals surface area contributed by atoms with Gasteiger partial charge in [0.15, 0.2) is 0 Å². The maximum absolute atomic E-state index is 10.5. The summed E-state index contributed by atoms with van der Waals surface area (Å²) in [5.74, 6) is -0.764. The molecule has 156 valence electrons. The van der Waals surface area contributed by atoms with Crippen LogP contribution in [0.25, 0.3) is 0 Å². The zero-order valence-corrected chi connectivity index (χ0v) is 17.9. The number of rotatable bonds is 8. The molecule has 0 aliphatic heterocycles. The van der Waals surface area contributed by atoms with Crippen molar-refractivity contribution in [3.63, 3.8) is 0 Å². The first-order valence-corrected chi connectivity index (χ1v) is 10.5. The number of allylic oxidation sites excluding steroid dienone is 1. The van der Waals surface area contributed by atoms with Crippen LogP contribution in [0.3, 0.4) is 0 Å². The Morgan fingerprint density at radius 1 is 0.733 bits per heavy atom. The second kappa shape index (κ2) is 13.0. The van der Waals surface area contributed by atoms with Gasteiger partial charge in [-0.1, -0.05) is 87.4 Å². The van der Waals surface area contributed by atoms with Crippen molar-refractivity contribution in [1.29, 1.82) is 0 Å². The number of benzene rings is 3. The number of carboxylic acid groups (broad SMARTS) is 1. The average molecular weight is 402 g/mol. The topological polar surface area (TPSA) is 40.5 Å². The van der Waals surface area contributed by atoms with E-state index >= 15 is 0 Å². The summed E-state index contributed by atoms with van der Waals surface area (Å²) in [5, 5.41) is 8.66. The molecule has 0 aromatic heterocycles. The zero-order chi connectivity index (χ0) is 21.6. The third-order valence-corrected chi connectivity index (χ3v) is 4.52. The minimum atomic E-state index is -0.764. The van der Waals surface area contributed by atoms with Gasteiger partial charge in [0, 0.05) is 22.6 Å². The van der Waals surface area contributed by atoms with Crippen molar-refractivity contribution in [3.8, 4) is 0 Å². The molecule has 0 fully saturated rings. The number of carbonyl (C=O) groups is 1. The molecule has 0 heterocycles. The highest BCUT2D eigenvalue weighted by Crippen LogP contribution is 2.33. The summed E-state index contributed by atoms with van der Waals surface area (Å²) < 4.78 is 0. The summed E-state index contributed by atoms with van der Waals surface area (Å²) in [6.07, 6.45) is 5.31. The fraction of sp³-hybridized carbons (Fsp3) is 0.222. The van der Waals surface area contributed by atoms with E-state index in [2.05, 4.69) is 77.7 Å². The third-order valence-electron chi connectivity index (χ3n) is 4.52. The summed E-state index contributed by atoms with van der Waals surface area (Å²) in [5.41, 5.74) is 4.06. The molecular formula is C27H31NO2. The van der Waals surface area contributed by atoms with Gasteiger partial charge in [0.05, 0.1) is 0 Å². The molecule has 3 nitrogen and oxygen atoms in total. The van der Waals surface area contributed by atoms with Gasteiger partial charge in [-0.15, -0.1) is 0 Å². The molecule has 0 saturated carbocycles. The van der Waals surface area contributed by atoms with Crippen molar-refractivity contribution < 1.29 is 9.90 Å². The van der Waals surface area contributed by atoms with E-state index in [0.29, 0.717) is 12.0 Å². The Morgan fingerprint density at radius 2 is 1.13 bits per heavy atom. The summed E-state index contributed by atoms with van der Waals surface area (Å²) >= 11 is 0. The summed E-state index contributed by atoms with van der Waals surface area (Å²) in [6, 6.07) is 31.3. The number of unbranched alkanes of at least 4 members (excludes halogenated alkanes) is 1. The van der Waals surface area contributed by atoms with Gasteiger partial charge in [-0.25, -0.2) is 4.79 Å². The van der Waals surface area contributed by atoms with Crippen LogP contribution in [-0.2, 0) is 4.79 Å². The van der Waals surface area contributed by atoms with Crippen LogP contribution in [0, 0.1) is 0 Å². The molecule has 0 radical (unpaired) electrons. The average Bonchev–Trinajstić information content (AvgIpc) is 2.79. The Hall–Kier alpha value is -3.33. The monoisotopic (exact) mass is 401 g/mol. The van der Waals surface area contributed by atoms with Gasteiger partial charge < -0.3 is 10.0 Å². The predicted molar refractivity (Wildman–Crippen MR) is 127 cm³/mol. The molecule has 0 amide bonds. The van der Waals surface area contributed by atoms with Crippen molar-refractivity contribution in [3.05, 3.63) is 103 Å². The summed E-state index contributed by atoms with van der Waals surface area (Å²) in [6.45, 7) is 4.03. The van der Waals surface area contributed by atoms with E-state index in [0.717, 1.165) is 19.3 Å². The molecule has 0 atom stereocenters. The van der Waals surface area contributed by atoms with Crippen LogP contribution in [0.1, 0.15) is 39.5 Å². The lowest BCUT2D eigenvalue weighted by atomic mass is 10.1. The maximum Gasteiger partial charge on any atom is 0.331 e. The standard InChI is InChI=1S/C18H15N.C9H16O2/c1-4-10-16(11-5-1)19(17-12-6-2-7-13-17)18-14-8-3-9-15-18;1-3-5-7-8(6-4-2)9(10)11/h1-15H;7H,3-6H2,1-2H3,(H,10,11). The minimum Gasteiger partial charge on any atom is -0.478 e. The van der Waals surface area contributed by atoms with E-state index in [4.69, 9.17) is 5.11 Å². The van der Waals surface area contributed by atoms with Gasteiger partial charge in [0.1, 0.15) is 0 Å². The van der Waals surface area contributed by atoms with Gasteiger partial charge >= 0.3 is 5.97 Å². The summed E-state index contributed by atoms with van der Waals surface area (Å²) in [4.78, 5) is 12.8. The molecule has 30 heavy (non-hydrogen) atoms. The quantitative estimate of drug-likeness (QED) is 0.392. The molecular weight excluding hydrogens is 370 g/mol. The Balaban J connectivity index is 0.000000252. The number of para-hydroxylation sites is 3. The molecule has 3 heteroatoms. The second-order valence-electron chi connectivity index (χ2n) is 6.92. The SMILES string of the molecule is CCCC=C(CCC)C(=O)O.c1ccc(N(c2ccccc2)c2ccccc2)cc1. The Kier molecular flexibility index (Phi) is 9.94. The van der Waals surface area contributed by atoms with E-state index < -0.39 is 5.97 Å². The van der Waals surface area contributed by atoms with Crippen molar-refractivity contribution in [2.75, 3.05) is 4.90 Å². The van der Waals surface area contributed by atoms with E-state index in [1.807, 2.05) is 38.1 Å². The van der Waals surface area contributed by atoms with Crippen LogP contribution in [0.15, 0.2) is 103 Å². The van der Waals surface area contributed by atoms with Crippen molar-refractivity contribution in [1.82, 2.24) is 0 Å². The number of aliphatic carboxylic acids is 1. The second-order valence-corrected chi connectivity index (χ2v) is 6.92. The Bertz CT molecular complexity index is 796. The third kappa shape index (κ3) is 7.25. The molecule has 0 aliphatic carbocycles. The van der Waals surface area contributed by atoms with Crippen molar-refractivity contribution in [2.24, 2.45) is 0 Å². The number of carboxylic acids is 1. The van der Waals surface area contributed by atoms with Crippen LogP contribution >= 0.6 is 0 Å². The number of nitrogens with zero attached hydrogens (tertiary/aromatic N) is 1.